The molecule has 2 nitrogen and oxygen atoms in total. The highest BCUT2D eigenvalue weighted by Gasteiger charge is 2.37. The Kier molecular flexibility index (Phi) is 3.33. The zero-order chi connectivity index (χ0) is 16.0. The van der Waals surface area contributed by atoms with Gasteiger partial charge in [-0.05, 0) is 55.5 Å². The molecule has 0 saturated heterocycles. The van der Waals surface area contributed by atoms with Crippen LogP contribution in [0.1, 0.15) is 52.4 Å². The standard InChI is InChI=1S/C21H21NO/c1-13-6-8-15(9-7-13)21-18-5-3-4-17(18)19-12-16(14(2)23)10-11-20(19)22-21/h3-4,6-12,17-18,21-22H,5H2,1-2H3/t17-,18-,21+/m0/s1. The maximum Gasteiger partial charge on any atom is 0.159 e. The van der Waals surface area contributed by atoms with Gasteiger partial charge in [0, 0.05) is 17.2 Å². The molecule has 23 heavy (non-hydrogen) atoms. The molecular formula is C21H21NO. The smallest absolute Gasteiger partial charge is 0.159 e. The van der Waals surface area contributed by atoms with Crippen LogP contribution in [0.25, 0.3) is 0 Å². The second-order valence-corrected chi connectivity index (χ2v) is 6.74. The van der Waals surface area contributed by atoms with Gasteiger partial charge in [-0.25, -0.2) is 0 Å². The quantitative estimate of drug-likeness (QED) is 0.623. The molecule has 2 aromatic carbocycles. The molecule has 3 atom stereocenters. The minimum Gasteiger partial charge on any atom is -0.378 e. The van der Waals surface area contributed by atoms with Crippen LogP contribution < -0.4 is 5.32 Å². The number of fused-ring (bicyclic) bond motifs is 3. The molecular weight excluding hydrogens is 282 g/mol. The fraction of sp³-hybridized carbons (Fsp3) is 0.286. The summed E-state index contributed by atoms with van der Waals surface area (Å²) in [5.74, 6) is 1.05. The first-order valence-corrected chi connectivity index (χ1v) is 8.28. The molecule has 0 spiro atoms. The predicted molar refractivity (Wildman–Crippen MR) is 94.0 cm³/mol. The summed E-state index contributed by atoms with van der Waals surface area (Å²) in [7, 11) is 0. The summed E-state index contributed by atoms with van der Waals surface area (Å²) in [6.07, 6.45) is 5.68. The number of ketones is 1. The lowest BCUT2D eigenvalue weighted by Gasteiger charge is -2.37. The van der Waals surface area contributed by atoms with Crippen LogP contribution in [0.5, 0.6) is 0 Å². The van der Waals surface area contributed by atoms with Gasteiger partial charge in [0.2, 0.25) is 0 Å². The summed E-state index contributed by atoms with van der Waals surface area (Å²) in [5.41, 5.74) is 5.86. The summed E-state index contributed by atoms with van der Waals surface area (Å²) in [6.45, 7) is 3.76. The van der Waals surface area contributed by atoms with Gasteiger partial charge in [-0.3, -0.25) is 4.79 Å². The van der Waals surface area contributed by atoms with Crippen LogP contribution >= 0.6 is 0 Å². The molecule has 0 fully saturated rings. The zero-order valence-corrected chi connectivity index (χ0v) is 13.5. The van der Waals surface area contributed by atoms with Crippen LogP contribution in [0.2, 0.25) is 0 Å². The van der Waals surface area contributed by atoms with Crippen molar-refractivity contribution in [3.05, 3.63) is 76.9 Å². The first-order valence-electron chi connectivity index (χ1n) is 8.28. The third-order valence-corrected chi connectivity index (χ3v) is 5.21. The van der Waals surface area contributed by atoms with E-state index in [1.54, 1.807) is 6.92 Å². The average Bonchev–Trinajstić information content (AvgIpc) is 3.04. The topological polar surface area (TPSA) is 29.1 Å². The number of Topliss-reactive ketones (excluding diaryl/α,β-unsaturated/α-hetero) is 1. The second-order valence-electron chi connectivity index (χ2n) is 6.74. The molecule has 0 unspecified atom stereocenters. The molecule has 1 aliphatic carbocycles. The third kappa shape index (κ3) is 2.39. The van der Waals surface area contributed by atoms with E-state index in [4.69, 9.17) is 0 Å². The highest BCUT2D eigenvalue weighted by atomic mass is 16.1. The molecule has 2 aromatic rings. The largest absolute Gasteiger partial charge is 0.378 e. The minimum absolute atomic E-state index is 0.131. The molecule has 0 aromatic heterocycles. The van der Waals surface area contributed by atoms with Crippen LogP contribution in [-0.4, -0.2) is 5.78 Å². The lowest BCUT2D eigenvalue weighted by Crippen LogP contribution is -2.29. The fourth-order valence-electron chi connectivity index (χ4n) is 3.92. The molecule has 2 aliphatic rings. The highest BCUT2D eigenvalue weighted by molar-refractivity contribution is 5.95. The number of aryl methyl sites for hydroxylation is 1. The molecule has 1 aliphatic heterocycles. The van der Waals surface area contributed by atoms with Gasteiger partial charge in [-0.15, -0.1) is 0 Å². The van der Waals surface area contributed by atoms with Crippen molar-refractivity contribution < 1.29 is 4.79 Å². The van der Waals surface area contributed by atoms with Crippen molar-refractivity contribution in [3.8, 4) is 0 Å². The molecule has 1 heterocycles. The van der Waals surface area contributed by atoms with Crippen molar-refractivity contribution in [2.45, 2.75) is 32.2 Å². The molecule has 1 N–H and O–H groups in total. The molecule has 0 radical (unpaired) electrons. The van der Waals surface area contributed by atoms with Crippen molar-refractivity contribution in [2.75, 3.05) is 5.32 Å². The van der Waals surface area contributed by atoms with Crippen LogP contribution in [0.15, 0.2) is 54.6 Å². The number of carbonyl (C=O) groups excluding carboxylic acids is 1. The van der Waals surface area contributed by atoms with Gasteiger partial charge in [0.15, 0.2) is 5.78 Å². The van der Waals surface area contributed by atoms with Crippen molar-refractivity contribution in [1.82, 2.24) is 0 Å². The maximum atomic E-state index is 11.7. The maximum absolute atomic E-state index is 11.7. The Labute approximate surface area is 137 Å². The SMILES string of the molecule is CC(=O)c1ccc2c(c1)[C@H]1C=CC[C@@H]1[C@@H](c1ccc(C)cc1)N2. The van der Waals surface area contributed by atoms with E-state index in [2.05, 4.69) is 60.8 Å². The van der Waals surface area contributed by atoms with Gasteiger partial charge in [-0.2, -0.15) is 0 Å². The first kappa shape index (κ1) is 14.3. The van der Waals surface area contributed by atoms with Gasteiger partial charge in [-0.1, -0.05) is 42.0 Å². The van der Waals surface area contributed by atoms with Gasteiger partial charge >= 0.3 is 0 Å². The lowest BCUT2D eigenvalue weighted by molar-refractivity contribution is 0.101. The number of rotatable bonds is 2. The molecule has 116 valence electrons. The second kappa shape index (κ2) is 5.38. The van der Waals surface area contributed by atoms with Crippen LogP contribution in [-0.2, 0) is 0 Å². The van der Waals surface area contributed by atoms with E-state index in [-0.39, 0.29) is 5.78 Å². The Hall–Kier alpha value is -2.35. The molecule has 0 bridgehead atoms. The molecule has 0 saturated carbocycles. The highest BCUT2D eigenvalue weighted by Crippen LogP contribution is 2.49. The number of benzene rings is 2. The van der Waals surface area contributed by atoms with Crippen molar-refractivity contribution in [3.63, 3.8) is 0 Å². The summed E-state index contributed by atoms with van der Waals surface area (Å²) >= 11 is 0. The Balaban J connectivity index is 1.77. The number of nitrogens with one attached hydrogen (secondary N) is 1. The zero-order valence-electron chi connectivity index (χ0n) is 13.5. The molecule has 4 rings (SSSR count). The third-order valence-electron chi connectivity index (χ3n) is 5.21. The number of allylic oxidation sites excluding steroid dienone is 2. The monoisotopic (exact) mass is 303 g/mol. The molecule has 2 heteroatoms. The Morgan fingerprint density at radius 1 is 1.13 bits per heavy atom. The van der Waals surface area contributed by atoms with Crippen LogP contribution in [0.4, 0.5) is 5.69 Å². The van der Waals surface area contributed by atoms with Gasteiger partial charge in [0.25, 0.3) is 0 Å². The van der Waals surface area contributed by atoms with E-state index in [0.29, 0.717) is 17.9 Å². The van der Waals surface area contributed by atoms with E-state index in [1.807, 2.05) is 6.07 Å². The summed E-state index contributed by atoms with van der Waals surface area (Å²) < 4.78 is 0. The van der Waals surface area contributed by atoms with E-state index in [0.717, 1.165) is 17.7 Å². The number of anilines is 1. The van der Waals surface area contributed by atoms with Crippen LogP contribution in [0.3, 0.4) is 0 Å². The van der Waals surface area contributed by atoms with Crippen molar-refractivity contribution in [1.29, 1.82) is 0 Å². The normalized spacial score (nSPS) is 24.7. The lowest BCUT2D eigenvalue weighted by atomic mass is 9.76. The van der Waals surface area contributed by atoms with Gasteiger partial charge in [0.05, 0.1) is 6.04 Å². The minimum atomic E-state index is 0.131. The van der Waals surface area contributed by atoms with Crippen LogP contribution in [0, 0.1) is 12.8 Å². The average molecular weight is 303 g/mol. The Morgan fingerprint density at radius 3 is 2.65 bits per heavy atom. The molecule has 0 amide bonds. The van der Waals surface area contributed by atoms with Crippen molar-refractivity contribution >= 4 is 11.5 Å². The number of hydrogen-bond donors (Lipinski definition) is 1. The summed E-state index contributed by atoms with van der Waals surface area (Å²) in [5, 5.41) is 3.72. The Bertz CT molecular complexity index is 788. The number of hydrogen-bond acceptors (Lipinski definition) is 2. The van der Waals surface area contributed by atoms with E-state index in [1.165, 1.54) is 16.7 Å². The number of carbonyl (C=O) groups is 1. The summed E-state index contributed by atoms with van der Waals surface area (Å²) in [4.78, 5) is 11.7. The fourth-order valence-corrected chi connectivity index (χ4v) is 3.92. The summed E-state index contributed by atoms with van der Waals surface area (Å²) in [6, 6.07) is 15.2. The van der Waals surface area contributed by atoms with Crippen molar-refractivity contribution in [2.24, 2.45) is 5.92 Å². The van der Waals surface area contributed by atoms with E-state index < -0.39 is 0 Å². The van der Waals surface area contributed by atoms with E-state index >= 15 is 0 Å². The van der Waals surface area contributed by atoms with Gasteiger partial charge < -0.3 is 5.32 Å². The first-order chi connectivity index (χ1) is 11.1. The predicted octanol–water partition coefficient (Wildman–Crippen LogP) is 5.02. The van der Waals surface area contributed by atoms with Gasteiger partial charge in [0.1, 0.15) is 0 Å². The Morgan fingerprint density at radius 2 is 1.91 bits per heavy atom. The van der Waals surface area contributed by atoms with E-state index in [9.17, 15) is 4.79 Å².